The molecule has 3 rings (SSSR count). The van der Waals surface area contributed by atoms with Gasteiger partial charge in [-0.25, -0.2) is 4.98 Å². The number of thiocarbonyl (C=S) groups is 1. The SMILES string of the molecule is NC(=S)c1cccnc1N1CC2CCCC2C1. The monoisotopic (exact) mass is 247 g/mol. The maximum atomic E-state index is 5.76. The van der Waals surface area contributed by atoms with Gasteiger partial charge < -0.3 is 10.6 Å². The molecule has 1 aromatic heterocycles. The summed E-state index contributed by atoms with van der Waals surface area (Å²) in [6, 6.07) is 3.87. The molecule has 0 aromatic carbocycles. The summed E-state index contributed by atoms with van der Waals surface area (Å²) in [4.78, 5) is 7.28. The molecule has 0 radical (unpaired) electrons. The van der Waals surface area contributed by atoms with E-state index in [-0.39, 0.29) is 0 Å². The molecule has 0 bridgehead atoms. The van der Waals surface area contributed by atoms with Gasteiger partial charge in [0, 0.05) is 19.3 Å². The van der Waals surface area contributed by atoms with Crippen LogP contribution < -0.4 is 10.6 Å². The van der Waals surface area contributed by atoms with Gasteiger partial charge in [0.2, 0.25) is 0 Å². The Morgan fingerprint density at radius 1 is 1.35 bits per heavy atom. The second kappa shape index (κ2) is 4.26. The molecule has 2 aliphatic rings. The number of hydrogen-bond acceptors (Lipinski definition) is 3. The lowest BCUT2D eigenvalue weighted by Crippen LogP contribution is -2.25. The number of anilines is 1. The van der Waals surface area contributed by atoms with Crippen molar-refractivity contribution in [2.75, 3.05) is 18.0 Å². The van der Waals surface area contributed by atoms with E-state index in [9.17, 15) is 0 Å². The number of nitrogens with zero attached hydrogens (tertiary/aromatic N) is 2. The van der Waals surface area contributed by atoms with E-state index < -0.39 is 0 Å². The van der Waals surface area contributed by atoms with Crippen LogP contribution in [0.5, 0.6) is 0 Å². The first kappa shape index (κ1) is 11.0. The summed E-state index contributed by atoms with van der Waals surface area (Å²) in [6.07, 6.45) is 5.96. The Balaban J connectivity index is 1.88. The number of aromatic nitrogens is 1. The van der Waals surface area contributed by atoms with Crippen LogP contribution in [0.15, 0.2) is 18.3 Å². The van der Waals surface area contributed by atoms with E-state index >= 15 is 0 Å². The highest BCUT2D eigenvalue weighted by molar-refractivity contribution is 7.80. The van der Waals surface area contributed by atoms with Crippen molar-refractivity contribution >= 4 is 23.0 Å². The van der Waals surface area contributed by atoms with Gasteiger partial charge in [0.25, 0.3) is 0 Å². The fourth-order valence-electron chi connectivity index (χ4n) is 3.25. The predicted molar refractivity (Wildman–Crippen MR) is 73.2 cm³/mol. The van der Waals surface area contributed by atoms with Crippen molar-refractivity contribution in [3.8, 4) is 0 Å². The fraction of sp³-hybridized carbons (Fsp3) is 0.538. The fourth-order valence-corrected chi connectivity index (χ4v) is 3.41. The molecule has 0 amide bonds. The van der Waals surface area contributed by atoms with E-state index in [1.54, 1.807) is 0 Å². The molecule has 1 saturated heterocycles. The Hall–Kier alpha value is -1.16. The highest BCUT2D eigenvalue weighted by Crippen LogP contribution is 2.39. The zero-order chi connectivity index (χ0) is 11.8. The standard InChI is InChI=1S/C13H17N3S/c14-12(17)11-5-2-6-15-13(11)16-7-9-3-1-4-10(9)8-16/h2,5-6,9-10H,1,3-4,7-8H2,(H2,14,17). The van der Waals surface area contributed by atoms with Gasteiger partial charge >= 0.3 is 0 Å². The van der Waals surface area contributed by atoms with Crippen molar-refractivity contribution in [3.05, 3.63) is 23.9 Å². The molecule has 2 atom stereocenters. The quantitative estimate of drug-likeness (QED) is 0.811. The van der Waals surface area contributed by atoms with E-state index in [0.29, 0.717) is 4.99 Å². The summed E-state index contributed by atoms with van der Waals surface area (Å²) in [5.41, 5.74) is 6.68. The van der Waals surface area contributed by atoms with E-state index in [1.165, 1.54) is 19.3 Å². The Morgan fingerprint density at radius 3 is 2.71 bits per heavy atom. The van der Waals surface area contributed by atoms with Gasteiger partial charge in [0.05, 0.1) is 5.56 Å². The van der Waals surface area contributed by atoms with Crippen molar-refractivity contribution < 1.29 is 0 Å². The lowest BCUT2D eigenvalue weighted by atomic mass is 10.0. The minimum atomic E-state index is 0.449. The van der Waals surface area contributed by atoms with Gasteiger partial charge in [-0.15, -0.1) is 0 Å². The minimum absolute atomic E-state index is 0.449. The third-order valence-corrected chi connectivity index (χ3v) is 4.30. The van der Waals surface area contributed by atoms with Crippen LogP contribution in [0.4, 0.5) is 5.82 Å². The summed E-state index contributed by atoms with van der Waals surface area (Å²) in [5, 5.41) is 0. The first-order valence-electron chi connectivity index (χ1n) is 6.25. The van der Waals surface area contributed by atoms with Crippen LogP contribution in [0.3, 0.4) is 0 Å². The molecule has 4 heteroatoms. The zero-order valence-electron chi connectivity index (χ0n) is 9.80. The Kier molecular flexibility index (Phi) is 2.74. The minimum Gasteiger partial charge on any atom is -0.389 e. The normalized spacial score (nSPS) is 27.2. The number of rotatable bonds is 2. The van der Waals surface area contributed by atoms with Gasteiger partial charge in [-0.1, -0.05) is 18.6 Å². The van der Waals surface area contributed by atoms with E-state index in [1.807, 2.05) is 18.3 Å². The molecule has 1 aromatic rings. The molecule has 0 spiro atoms. The molecule has 2 N–H and O–H groups in total. The second-order valence-electron chi connectivity index (χ2n) is 5.09. The molecule has 90 valence electrons. The molecule has 2 fully saturated rings. The summed E-state index contributed by atoms with van der Waals surface area (Å²) < 4.78 is 0. The first-order chi connectivity index (χ1) is 8.25. The Labute approximate surface area is 107 Å². The zero-order valence-corrected chi connectivity index (χ0v) is 10.6. The molecule has 17 heavy (non-hydrogen) atoms. The molecule has 1 aliphatic heterocycles. The third-order valence-electron chi connectivity index (χ3n) is 4.08. The summed E-state index contributed by atoms with van der Waals surface area (Å²) in [5.74, 6) is 2.70. The van der Waals surface area contributed by atoms with Gasteiger partial charge in [-0.2, -0.15) is 0 Å². The van der Waals surface area contributed by atoms with Crippen LogP contribution in [0.2, 0.25) is 0 Å². The molecule has 2 heterocycles. The topological polar surface area (TPSA) is 42.1 Å². The molecule has 1 aliphatic carbocycles. The van der Waals surface area contributed by atoms with Crippen LogP contribution in [-0.2, 0) is 0 Å². The highest BCUT2D eigenvalue weighted by atomic mass is 32.1. The van der Waals surface area contributed by atoms with Crippen molar-refractivity contribution in [2.24, 2.45) is 17.6 Å². The summed E-state index contributed by atoms with van der Waals surface area (Å²) >= 11 is 5.10. The smallest absolute Gasteiger partial charge is 0.138 e. The number of nitrogens with two attached hydrogens (primary N) is 1. The number of pyridine rings is 1. The van der Waals surface area contributed by atoms with Gasteiger partial charge in [0.1, 0.15) is 10.8 Å². The highest BCUT2D eigenvalue weighted by Gasteiger charge is 2.37. The van der Waals surface area contributed by atoms with Crippen LogP contribution >= 0.6 is 12.2 Å². The average molecular weight is 247 g/mol. The largest absolute Gasteiger partial charge is 0.389 e. The maximum Gasteiger partial charge on any atom is 0.138 e. The van der Waals surface area contributed by atoms with Crippen molar-refractivity contribution in [1.29, 1.82) is 0 Å². The molecule has 2 unspecified atom stereocenters. The van der Waals surface area contributed by atoms with E-state index in [4.69, 9.17) is 18.0 Å². The number of hydrogen-bond donors (Lipinski definition) is 1. The van der Waals surface area contributed by atoms with Crippen molar-refractivity contribution in [1.82, 2.24) is 4.98 Å². The molecule has 3 nitrogen and oxygen atoms in total. The maximum absolute atomic E-state index is 5.76. The van der Waals surface area contributed by atoms with Gasteiger partial charge in [-0.05, 0) is 36.8 Å². The van der Waals surface area contributed by atoms with Crippen LogP contribution in [0.1, 0.15) is 24.8 Å². The summed E-state index contributed by atoms with van der Waals surface area (Å²) in [7, 11) is 0. The molecular weight excluding hydrogens is 230 g/mol. The van der Waals surface area contributed by atoms with Crippen molar-refractivity contribution in [2.45, 2.75) is 19.3 Å². The predicted octanol–water partition coefficient (Wildman–Crippen LogP) is 1.95. The lowest BCUT2D eigenvalue weighted by Gasteiger charge is -2.20. The van der Waals surface area contributed by atoms with Gasteiger partial charge in [-0.3, -0.25) is 0 Å². The number of fused-ring (bicyclic) bond motifs is 1. The lowest BCUT2D eigenvalue weighted by molar-refractivity contribution is 0.494. The van der Waals surface area contributed by atoms with Crippen LogP contribution in [0, 0.1) is 11.8 Å². The Morgan fingerprint density at radius 2 is 2.06 bits per heavy atom. The second-order valence-corrected chi connectivity index (χ2v) is 5.53. The van der Waals surface area contributed by atoms with Crippen LogP contribution in [-0.4, -0.2) is 23.1 Å². The van der Waals surface area contributed by atoms with Crippen LogP contribution in [0.25, 0.3) is 0 Å². The molecule has 1 saturated carbocycles. The van der Waals surface area contributed by atoms with Crippen molar-refractivity contribution in [3.63, 3.8) is 0 Å². The van der Waals surface area contributed by atoms with E-state index in [2.05, 4.69) is 9.88 Å². The average Bonchev–Trinajstić information content (AvgIpc) is 2.88. The first-order valence-corrected chi connectivity index (χ1v) is 6.66. The Bertz CT molecular complexity index is 434. The third kappa shape index (κ3) is 1.90. The van der Waals surface area contributed by atoms with Gasteiger partial charge in [0.15, 0.2) is 0 Å². The van der Waals surface area contributed by atoms with E-state index in [0.717, 1.165) is 36.3 Å². The molecular formula is C13H17N3S. The summed E-state index contributed by atoms with van der Waals surface area (Å²) in [6.45, 7) is 2.24.